The van der Waals surface area contributed by atoms with E-state index in [0.717, 1.165) is 0 Å². The number of nitrogens with one attached hydrogen (secondary N) is 1. The summed E-state index contributed by atoms with van der Waals surface area (Å²) in [6, 6.07) is 6.60. The lowest BCUT2D eigenvalue weighted by Crippen LogP contribution is -2.45. The van der Waals surface area contributed by atoms with E-state index in [0.29, 0.717) is 4.47 Å². The standard InChI is InChI=1S/C21H28BrNO10S/c1-2-31-20(28)12-9-21(32-18(15(26)10-24)19(33-21)16(27)11-25)8-7-17(12)34(29,30)23-14-6-4-3-5-13(14)22/h3-6,9,15-19,23-27H,2,7-8,10-11H2,1H3. The number of hydrogen-bond acceptors (Lipinski definition) is 10. The molecule has 5 unspecified atom stereocenters. The largest absolute Gasteiger partial charge is 0.463 e. The zero-order valence-electron chi connectivity index (χ0n) is 18.3. The predicted molar refractivity (Wildman–Crippen MR) is 123 cm³/mol. The van der Waals surface area contributed by atoms with Crippen LogP contribution in [0.3, 0.4) is 0 Å². The molecule has 1 aliphatic carbocycles. The third kappa shape index (κ3) is 5.62. The van der Waals surface area contributed by atoms with E-state index in [-0.39, 0.29) is 30.7 Å². The van der Waals surface area contributed by atoms with E-state index < -0.39 is 64.7 Å². The minimum absolute atomic E-state index is 0.00692. The number of para-hydroxylation sites is 1. The van der Waals surface area contributed by atoms with Gasteiger partial charge < -0.3 is 34.6 Å². The first-order chi connectivity index (χ1) is 16.1. The monoisotopic (exact) mass is 565 g/mol. The van der Waals surface area contributed by atoms with E-state index in [1.54, 1.807) is 31.2 Å². The van der Waals surface area contributed by atoms with Crippen molar-refractivity contribution in [1.82, 2.24) is 0 Å². The quantitative estimate of drug-likeness (QED) is 0.257. The van der Waals surface area contributed by atoms with Gasteiger partial charge in [0, 0.05) is 10.9 Å². The van der Waals surface area contributed by atoms with Crippen molar-refractivity contribution in [1.29, 1.82) is 0 Å². The van der Waals surface area contributed by atoms with Crippen molar-refractivity contribution in [2.24, 2.45) is 0 Å². The van der Waals surface area contributed by atoms with Crippen LogP contribution in [0.15, 0.2) is 40.4 Å². The van der Waals surface area contributed by atoms with E-state index in [1.807, 2.05) is 0 Å². The average molecular weight is 566 g/mol. The second-order valence-corrected chi connectivity index (χ2v) is 10.7. The molecular formula is C21H28BrNO10S. The van der Waals surface area contributed by atoms with Gasteiger partial charge in [-0.2, -0.15) is 0 Å². The summed E-state index contributed by atoms with van der Waals surface area (Å²) in [6.45, 7) is 0.150. The molecule has 5 N–H and O–H groups in total. The number of hydrogen-bond donors (Lipinski definition) is 5. The molecule has 1 spiro atoms. The van der Waals surface area contributed by atoms with Crippen LogP contribution in [0.2, 0.25) is 0 Å². The molecule has 190 valence electrons. The van der Waals surface area contributed by atoms with Crippen LogP contribution < -0.4 is 4.72 Å². The van der Waals surface area contributed by atoms with Crippen LogP contribution in [0.4, 0.5) is 5.69 Å². The smallest absolute Gasteiger partial charge is 0.335 e. The Bertz CT molecular complexity index is 999. The van der Waals surface area contributed by atoms with Gasteiger partial charge in [0.1, 0.15) is 29.7 Å². The topological polar surface area (TPSA) is 172 Å². The molecule has 1 aliphatic heterocycles. The van der Waals surface area contributed by atoms with Crippen molar-refractivity contribution in [3.8, 4) is 0 Å². The van der Waals surface area contributed by atoms with Gasteiger partial charge in [-0.3, -0.25) is 4.72 Å². The van der Waals surface area contributed by atoms with Gasteiger partial charge in [0.25, 0.3) is 0 Å². The summed E-state index contributed by atoms with van der Waals surface area (Å²) in [5.41, 5.74) is 0.0562. The molecule has 34 heavy (non-hydrogen) atoms. The summed E-state index contributed by atoms with van der Waals surface area (Å²) in [6.07, 6.45) is -4.38. The first kappa shape index (κ1) is 27.0. The zero-order chi connectivity index (χ0) is 25.1. The van der Waals surface area contributed by atoms with Gasteiger partial charge >= 0.3 is 5.97 Å². The van der Waals surface area contributed by atoms with E-state index in [1.165, 1.54) is 6.08 Å². The highest BCUT2D eigenvalue weighted by Gasteiger charge is 2.54. The average Bonchev–Trinajstić information content (AvgIpc) is 3.18. The lowest BCUT2D eigenvalue weighted by molar-refractivity contribution is -0.164. The molecule has 5 atom stereocenters. The number of esters is 1. The Balaban J connectivity index is 1.98. The third-order valence-electron chi connectivity index (χ3n) is 5.62. The van der Waals surface area contributed by atoms with Crippen LogP contribution >= 0.6 is 15.9 Å². The van der Waals surface area contributed by atoms with Crippen molar-refractivity contribution in [3.63, 3.8) is 0 Å². The highest BCUT2D eigenvalue weighted by molar-refractivity contribution is 9.10. The van der Waals surface area contributed by atoms with Crippen molar-refractivity contribution in [3.05, 3.63) is 40.4 Å². The normalized spacial score (nSPS) is 28.9. The minimum atomic E-state index is -4.13. The Morgan fingerprint density at radius 1 is 1.21 bits per heavy atom. The Hall–Kier alpha value is -1.58. The van der Waals surface area contributed by atoms with Crippen molar-refractivity contribution in [2.45, 2.75) is 55.2 Å². The number of anilines is 1. The summed E-state index contributed by atoms with van der Waals surface area (Å²) in [5.74, 6) is -2.56. The minimum Gasteiger partial charge on any atom is -0.463 e. The number of carbonyl (C=O) groups is 1. The van der Waals surface area contributed by atoms with Crippen molar-refractivity contribution < 1.29 is 47.8 Å². The summed E-state index contributed by atoms with van der Waals surface area (Å²) < 4.78 is 46.2. The van der Waals surface area contributed by atoms with Gasteiger partial charge in [0.2, 0.25) is 10.0 Å². The molecule has 1 aromatic carbocycles. The highest BCUT2D eigenvalue weighted by Crippen LogP contribution is 2.43. The van der Waals surface area contributed by atoms with Crippen LogP contribution in [0.5, 0.6) is 0 Å². The third-order valence-corrected chi connectivity index (χ3v) is 8.05. The molecule has 0 aromatic heterocycles. The lowest BCUT2D eigenvalue weighted by Gasteiger charge is -2.34. The predicted octanol–water partition coefficient (Wildman–Crippen LogP) is 0.0294. The fraction of sp³-hybridized carbons (Fsp3) is 0.571. The van der Waals surface area contributed by atoms with Crippen molar-refractivity contribution >= 4 is 37.6 Å². The molecule has 1 heterocycles. The number of sulfonamides is 1. The van der Waals surface area contributed by atoms with E-state index in [9.17, 15) is 33.6 Å². The van der Waals surface area contributed by atoms with Gasteiger partial charge in [-0.05, 0) is 47.5 Å². The van der Waals surface area contributed by atoms with Gasteiger partial charge in [-0.1, -0.05) is 12.1 Å². The van der Waals surface area contributed by atoms with Crippen molar-refractivity contribution in [2.75, 3.05) is 24.5 Å². The van der Waals surface area contributed by atoms with Crippen LogP contribution in [0.25, 0.3) is 0 Å². The van der Waals surface area contributed by atoms with Crippen LogP contribution in [-0.2, 0) is 29.0 Å². The Kier molecular flexibility index (Phi) is 8.74. The molecule has 0 amide bonds. The van der Waals surface area contributed by atoms with Gasteiger partial charge in [-0.15, -0.1) is 0 Å². The van der Waals surface area contributed by atoms with Gasteiger partial charge in [-0.25, -0.2) is 13.2 Å². The number of ether oxygens (including phenoxy) is 3. The first-order valence-corrected chi connectivity index (χ1v) is 13.0. The Labute approximate surface area is 205 Å². The summed E-state index contributed by atoms with van der Waals surface area (Å²) >= 11 is 3.28. The van der Waals surface area contributed by atoms with Gasteiger partial charge in [0.15, 0.2) is 5.79 Å². The second kappa shape index (κ2) is 11.0. The van der Waals surface area contributed by atoms with E-state index in [4.69, 9.17) is 14.2 Å². The molecule has 1 fully saturated rings. The molecule has 0 saturated carbocycles. The molecule has 0 radical (unpaired) electrons. The Morgan fingerprint density at radius 3 is 2.32 bits per heavy atom. The van der Waals surface area contributed by atoms with Crippen LogP contribution in [0, 0.1) is 0 Å². The summed E-state index contributed by atoms with van der Waals surface area (Å²) in [5, 5.41) is 37.7. The fourth-order valence-corrected chi connectivity index (χ4v) is 6.07. The lowest BCUT2D eigenvalue weighted by atomic mass is 9.94. The maximum atomic E-state index is 13.3. The SMILES string of the molecule is CCOC(=O)C1=CC2(CCC1S(=O)(=O)Nc1ccccc1Br)OC(C(O)CO)C(C(O)CO)O2. The van der Waals surface area contributed by atoms with E-state index >= 15 is 0 Å². The molecule has 1 saturated heterocycles. The van der Waals surface area contributed by atoms with Crippen LogP contribution in [-0.4, -0.2) is 90.1 Å². The molecule has 0 bridgehead atoms. The summed E-state index contributed by atoms with van der Waals surface area (Å²) in [4.78, 5) is 12.8. The molecule has 1 aromatic rings. The van der Waals surface area contributed by atoms with E-state index in [2.05, 4.69) is 20.7 Å². The molecular weight excluding hydrogens is 538 g/mol. The highest BCUT2D eigenvalue weighted by atomic mass is 79.9. The van der Waals surface area contributed by atoms with Gasteiger partial charge in [0.05, 0.1) is 31.1 Å². The first-order valence-electron chi connectivity index (χ1n) is 10.7. The number of aliphatic hydroxyl groups is 4. The number of halogens is 1. The molecule has 11 nitrogen and oxygen atoms in total. The second-order valence-electron chi connectivity index (χ2n) is 7.95. The Morgan fingerprint density at radius 2 is 1.79 bits per heavy atom. The maximum Gasteiger partial charge on any atom is 0.335 e. The number of aliphatic hydroxyl groups excluding tert-OH is 4. The van der Waals surface area contributed by atoms with Crippen LogP contribution in [0.1, 0.15) is 19.8 Å². The zero-order valence-corrected chi connectivity index (χ0v) is 20.7. The fourth-order valence-electron chi connectivity index (χ4n) is 4.00. The number of benzene rings is 1. The molecule has 3 rings (SSSR count). The number of carbonyl (C=O) groups excluding carboxylic acids is 1. The summed E-state index contributed by atoms with van der Waals surface area (Å²) in [7, 11) is -4.13. The molecule has 2 aliphatic rings. The number of rotatable bonds is 9. The maximum absolute atomic E-state index is 13.3. The molecule has 13 heteroatoms.